The van der Waals surface area contributed by atoms with Crippen molar-refractivity contribution in [2.75, 3.05) is 33.2 Å². The Hall–Kier alpha value is -1.10. The molecule has 5 heteroatoms. The molecule has 1 heterocycles. The number of amides is 1. The lowest BCUT2D eigenvalue weighted by Crippen LogP contribution is -2.44. The summed E-state index contributed by atoms with van der Waals surface area (Å²) in [5.74, 6) is 0.974. The standard InChI is InChI=1S/C20H33N3O.ClH/c1-16-6-4-5-7-19(16)14-17(2)22-20(24)15-23-12-9-18(10-13-23)8-11-21-3;/h4-7,17-18,21H,8-15H2,1-3H3,(H,22,24);1H. The molecule has 4 nitrogen and oxygen atoms in total. The monoisotopic (exact) mass is 367 g/mol. The molecule has 1 aromatic rings. The quantitative estimate of drug-likeness (QED) is 0.742. The van der Waals surface area contributed by atoms with Crippen LogP contribution in [0.2, 0.25) is 0 Å². The fraction of sp³-hybridized carbons (Fsp3) is 0.650. The Balaban J connectivity index is 0.00000312. The van der Waals surface area contributed by atoms with E-state index in [0.29, 0.717) is 6.54 Å². The summed E-state index contributed by atoms with van der Waals surface area (Å²) < 4.78 is 0. The second kappa shape index (κ2) is 11.5. The Morgan fingerprint density at radius 2 is 1.96 bits per heavy atom. The number of hydrogen-bond acceptors (Lipinski definition) is 3. The maximum Gasteiger partial charge on any atom is 0.234 e. The van der Waals surface area contributed by atoms with Gasteiger partial charge in [0.15, 0.2) is 0 Å². The third-order valence-electron chi connectivity index (χ3n) is 5.07. The molecular formula is C20H34ClN3O. The molecule has 0 aliphatic carbocycles. The van der Waals surface area contributed by atoms with Gasteiger partial charge < -0.3 is 10.6 Å². The molecule has 1 aliphatic rings. The molecule has 1 aliphatic heterocycles. The zero-order chi connectivity index (χ0) is 17.4. The number of nitrogens with one attached hydrogen (secondary N) is 2. The van der Waals surface area contributed by atoms with Gasteiger partial charge in [0.2, 0.25) is 5.91 Å². The summed E-state index contributed by atoms with van der Waals surface area (Å²) in [5.41, 5.74) is 2.61. The zero-order valence-corrected chi connectivity index (χ0v) is 16.7. The summed E-state index contributed by atoms with van der Waals surface area (Å²) >= 11 is 0. The molecule has 1 fully saturated rings. The van der Waals surface area contributed by atoms with Gasteiger partial charge in [-0.25, -0.2) is 0 Å². The van der Waals surface area contributed by atoms with Gasteiger partial charge in [0.25, 0.3) is 0 Å². The first-order valence-electron chi connectivity index (χ1n) is 9.29. The third-order valence-corrected chi connectivity index (χ3v) is 5.07. The van der Waals surface area contributed by atoms with Crippen LogP contribution in [0.4, 0.5) is 0 Å². The number of halogens is 1. The average molecular weight is 368 g/mol. The molecule has 0 radical (unpaired) electrons. The summed E-state index contributed by atoms with van der Waals surface area (Å²) in [5, 5.41) is 6.38. The molecule has 0 bridgehead atoms. The minimum Gasteiger partial charge on any atom is -0.352 e. The van der Waals surface area contributed by atoms with Gasteiger partial charge in [0, 0.05) is 6.04 Å². The fourth-order valence-electron chi connectivity index (χ4n) is 3.53. The molecule has 2 rings (SSSR count). The van der Waals surface area contributed by atoms with Gasteiger partial charge in [-0.2, -0.15) is 0 Å². The highest BCUT2D eigenvalue weighted by Crippen LogP contribution is 2.19. The fourth-order valence-corrected chi connectivity index (χ4v) is 3.53. The predicted octanol–water partition coefficient (Wildman–Crippen LogP) is 2.79. The first-order valence-corrected chi connectivity index (χ1v) is 9.29. The van der Waals surface area contributed by atoms with Crippen LogP contribution in [0.3, 0.4) is 0 Å². The number of carbonyl (C=O) groups excluding carboxylic acids is 1. The van der Waals surface area contributed by atoms with Crippen LogP contribution in [-0.2, 0) is 11.2 Å². The van der Waals surface area contributed by atoms with Gasteiger partial charge in [-0.05, 0) is 83.3 Å². The minimum atomic E-state index is 0. The normalized spacial score (nSPS) is 16.9. The Bertz CT molecular complexity index is 515. The third kappa shape index (κ3) is 7.76. The van der Waals surface area contributed by atoms with Crippen LogP contribution < -0.4 is 10.6 Å². The SMILES string of the molecule is CNCCC1CCN(CC(=O)NC(C)Cc2ccccc2C)CC1.Cl. The molecule has 1 amide bonds. The molecule has 1 unspecified atom stereocenters. The van der Waals surface area contributed by atoms with Gasteiger partial charge in [0.1, 0.15) is 0 Å². The molecule has 0 spiro atoms. The number of aryl methyl sites for hydroxylation is 1. The highest BCUT2D eigenvalue weighted by Gasteiger charge is 2.21. The second-order valence-corrected chi connectivity index (χ2v) is 7.21. The van der Waals surface area contributed by atoms with Gasteiger partial charge in [-0.15, -0.1) is 12.4 Å². The zero-order valence-electron chi connectivity index (χ0n) is 15.9. The summed E-state index contributed by atoms with van der Waals surface area (Å²) in [7, 11) is 2.01. The highest BCUT2D eigenvalue weighted by atomic mass is 35.5. The lowest BCUT2D eigenvalue weighted by Gasteiger charge is -2.31. The summed E-state index contributed by atoms with van der Waals surface area (Å²) in [6.07, 6.45) is 4.58. The molecule has 0 aromatic heterocycles. The molecular weight excluding hydrogens is 334 g/mol. The first-order chi connectivity index (χ1) is 11.6. The van der Waals surface area contributed by atoms with Crippen LogP contribution in [0.5, 0.6) is 0 Å². The molecule has 142 valence electrons. The smallest absolute Gasteiger partial charge is 0.234 e. The van der Waals surface area contributed by atoms with E-state index in [0.717, 1.165) is 32.0 Å². The number of piperidine rings is 1. The van der Waals surface area contributed by atoms with E-state index in [9.17, 15) is 4.79 Å². The van der Waals surface area contributed by atoms with E-state index < -0.39 is 0 Å². The number of nitrogens with zero attached hydrogens (tertiary/aromatic N) is 1. The number of likely N-dealkylation sites (tertiary alicyclic amines) is 1. The van der Waals surface area contributed by atoms with Crippen molar-refractivity contribution < 1.29 is 4.79 Å². The van der Waals surface area contributed by atoms with Crippen LogP contribution >= 0.6 is 12.4 Å². The van der Waals surface area contributed by atoms with Crippen LogP contribution in [0.25, 0.3) is 0 Å². The highest BCUT2D eigenvalue weighted by molar-refractivity contribution is 5.85. The maximum absolute atomic E-state index is 12.3. The van der Waals surface area contributed by atoms with E-state index in [2.05, 4.69) is 53.6 Å². The molecule has 25 heavy (non-hydrogen) atoms. The Morgan fingerprint density at radius 1 is 1.28 bits per heavy atom. The average Bonchev–Trinajstić information content (AvgIpc) is 2.56. The van der Waals surface area contributed by atoms with Crippen molar-refractivity contribution in [3.63, 3.8) is 0 Å². The molecule has 1 saturated heterocycles. The predicted molar refractivity (Wildman–Crippen MR) is 107 cm³/mol. The van der Waals surface area contributed by atoms with E-state index in [4.69, 9.17) is 0 Å². The van der Waals surface area contributed by atoms with Gasteiger partial charge >= 0.3 is 0 Å². The molecule has 1 aromatic carbocycles. The lowest BCUT2D eigenvalue weighted by molar-refractivity contribution is -0.123. The van der Waals surface area contributed by atoms with Crippen molar-refractivity contribution >= 4 is 18.3 Å². The molecule has 2 N–H and O–H groups in total. The molecule has 1 atom stereocenters. The van der Waals surface area contributed by atoms with Gasteiger partial charge in [-0.1, -0.05) is 24.3 Å². The largest absolute Gasteiger partial charge is 0.352 e. The van der Waals surface area contributed by atoms with Crippen LogP contribution in [0, 0.1) is 12.8 Å². The number of benzene rings is 1. The van der Waals surface area contributed by atoms with Crippen LogP contribution in [0.15, 0.2) is 24.3 Å². The Morgan fingerprint density at radius 3 is 2.60 bits per heavy atom. The van der Waals surface area contributed by atoms with E-state index in [1.54, 1.807) is 0 Å². The van der Waals surface area contributed by atoms with Crippen molar-refractivity contribution in [3.05, 3.63) is 35.4 Å². The minimum absolute atomic E-state index is 0. The maximum atomic E-state index is 12.3. The van der Waals surface area contributed by atoms with Crippen molar-refractivity contribution in [2.45, 2.75) is 45.6 Å². The van der Waals surface area contributed by atoms with Crippen molar-refractivity contribution in [2.24, 2.45) is 5.92 Å². The van der Waals surface area contributed by atoms with Gasteiger partial charge in [0.05, 0.1) is 6.54 Å². The summed E-state index contributed by atoms with van der Waals surface area (Å²) in [6, 6.07) is 8.57. The van der Waals surface area contributed by atoms with Crippen molar-refractivity contribution in [1.82, 2.24) is 15.5 Å². The van der Waals surface area contributed by atoms with Crippen molar-refractivity contribution in [1.29, 1.82) is 0 Å². The van der Waals surface area contributed by atoms with Crippen molar-refractivity contribution in [3.8, 4) is 0 Å². The van der Waals surface area contributed by atoms with Crippen LogP contribution in [0.1, 0.15) is 37.3 Å². The number of hydrogen-bond donors (Lipinski definition) is 2. The first kappa shape index (κ1) is 21.9. The van der Waals surface area contributed by atoms with Gasteiger partial charge in [-0.3, -0.25) is 9.69 Å². The summed E-state index contributed by atoms with van der Waals surface area (Å²) in [4.78, 5) is 14.6. The van der Waals surface area contributed by atoms with E-state index in [-0.39, 0.29) is 24.4 Å². The van der Waals surface area contributed by atoms with E-state index >= 15 is 0 Å². The number of carbonyl (C=O) groups is 1. The lowest BCUT2D eigenvalue weighted by atomic mass is 9.93. The van der Waals surface area contributed by atoms with E-state index in [1.165, 1.54) is 30.4 Å². The topological polar surface area (TPSA) is 44.4 Å². The van der Waals surface area contributed by atoms with E-state index in [1.807, 2.05) is 7.05 Å². The number of rotatable bonds is 8. The Labute approximate surface area is 159 Å². The Kier molecular flexibility index (Phi) is 10.1. The molecule has 0 saturated carbocycles. The van der Waals surface area contributed by atoms with Crippen LogP contribution in [-0.4, -0.2) is 50.1 Å². The second-order valence-electron chi connectivity index (χ2n) is 7.21. The summed E-state index contributed by atoms with van der Waals surface area (Å²) in [6.45, 7) is 7.96.